The van der Waals surface area contributed by atoms with Crippen LogP contribution in [0.3, 0.4) is 0 Å². The Bertz CT molecular complexity index is 799. The van der Waals surface area contributed by atoms with Gasteiger partial charge in [0.25, 0.3) is 0 Å². The smallest absolute Gasteiger partial charge is 0.311 e. The maximum atomic E-state index is 13.0. The molecule has 2 N–H and O–H groups in total. The minimum atomic E-state index is -0.739. The van der Waals surface area contributed by atoms with Gasteiger partial charge in [0.1, 0.15) is 11.8 Å². The molecule has 8 nitrogen and oxygen atoms in total. The molecular weight excluding hydrogens is 436 g/mol. The van der Waals surface area contributed by atoms with Crippen LogP contribution in [0.15, 0.2) is 24.3 Å². The van der Waals surface area contributed by atoms with Crippen LogP contribution in [0.5, 0.6) is 5.75 Å². The average molecular weight is 479 g/mol. The van der Waals surface area contributed by atoms with Gasteiger partial charge >= 0.3 is 5.97 Å². The highest BCUT2D eigenvalue weighted by Gasteiger charge is 2.28. The summed E-state index contributed by atoms with van der Waals surface area (Å²) in [6.45, 7) is 11.7. The van der Waals surface area contributed by atoms with Gasteiger partial charge < -0.3 is 24.8 Å². The molecule has 1 aromatic carbocycles. The third-order valence-corrected chi connectivity index (χ3v) is 5.29. The van der Waals surface area contributed by atoms with Crippen molar-refractivity contribution in [3.63, 3.8) is 0 Å². The van der Waals surface area contributed by atoms with E-state index < -0.39 is 11.5 Å². The Morgan fingerprint density at radius 2 is 1.62 bits per heavy atom. The Kier molecular flexibility index (Phi) is 11.5. The van der Waals surface area contributed by atoms with Gasteiger partial charge in [0.2, 0.25) is 11.8 Å². The molecule has 192 valence electrons. The van der Waals surface area contributed by atoms with Crippen molar-refractivity contribution in [1.29, 1.82) is 0 Å². The van der Waals surface area contributed by atoms with Crippen LogP contribution in [-0.2, 0) is 30.3 Å². The standard InChI is InChI=1S/C26H42N2O6/c1-18(34-25(2,3)4)16-22(29)28-21(17-19-10-12-20(32-7)13-11-19)23(30)27-15-9-14-26(5,6)24(31)33-8/h10-13,18,21H,9,14-17H2,1-8H3,(H,27,30)(H,28,29)/t18-,21+/m1/s1. The lowest BCUT2D eigenvalue weighted by atomic mass is 9.88. The fourth-order valence-corrected chi connectivity index (χ4v) is 3.61. The number of benzene rings is 1. The molecule has 0 aliphatic heterocycles. The summed E-state index contributed by atoms with van der Waals surface area (Å²) in [5.74, 6) is -0.0908. The number of ether oxygens (including phenoxy) is 3. The molecule has 0 radical (unpaired) electrons. The molecule has 0 unspecified atom stereocenters. The van der Waals surface area contributed by atoms with Gasteiger partial charge in [-0.1, -0.05) is 12.1 Å². The zero-order valence-electron chi connectivity index (χ0n) is 21.9. The van der Waals surface area contributed by atoms with Gasteiger partial charge in [-0.2, -0.15) is 0 Å². The first kappa shape index (κ1) is 29.4. The minimum absolute atomic E-state index is 0.150. The van der Waals surface area contributed by atoms with E-state index in [1.54, 1.807) is 7.11 Å². The highest BCUT2D eigenvalue weighted by atomic mass is 16.5. The van der Waals surface area contributed by atoms with Crippen LogP contribution in [0.25, 0.3) is 0 Å². The fraction of sp³-hybridized carbons (Fsp3) is 0.654. The third kappa shape index (κ3) is 11.0. The molecule has 1 rings (SSSR count). The molecule has 34 heavy (non-hydrogen) atoms. The number of hydrogen-bond donors (Lipinski definition) is 2. The molecule has 2 amide bonds. The SMILES string of the molecule is COC(=O)C(C)(C)CCCNC(=O)[C@H](Cc1ccc(OC)cc1)NC(=O)C[C@@H](C)OC(C)(C)C. The molecule has 0 heterocycles. The highest BCUT2D eigenvalue weighted by molar-refractivity contribution is 5.88. The molecule has 0 spiro atoms. The summed E-state index contributed by atoms with van der Waals surface area (Å²) in [7, 11) is 2.96. The average Bonchev–Trinajstić information content (AvgIpc) is 2.74. The van der Waals surface area contributed by atoms with Gasteiger partial charge in [0.05, 0.1) is 37.8 Å². The lowest BCUT2D eigenvalue weighted by Crippen LogP contribution is -2.49. The lowest BCUT2D eigenvalue weighted by molar-refractivity contribution is -0.151. The van der Waals surface area contributed by atoms with E-state index in [0.29, 0.717) is 25.8 Å². The predicted octanol–water partition coefficient (Wildman–Crippen LogP) is 3.41. The fourth-order valence-electron chi connectivity index (χ4n) is 3.61. The summed E-state index contributed by atoms with van der Waals surface area (Å²) in [5.41, 5.74) is -0.0937. The third-order valence-electron chi connectivity index (χ3n) is 5.29. The van der Waals surface area contributed by atoms with Crippen molar-refractivity contribution in [2.24, 2.45) is 5.41 Å². The molecular formula is C26H42N2O6. The van der Waals surface area contributed by atoms with E-state index in [1.165, 1.54) is 7.11 Å². The second-order valence-corrected chi connectivity index (χ2v) is 10.2. The van der Waals surface area contributed by atoms with Crippen LogP contribution in [-0.4, -0.2) is 56.3 Å². The number of carbonyl (C=O) groups excluding carboxylic acids is 3. The van der Waals surface area contributed by atoms with Crippen molar-refractivity contribution >= 4 is 17.8 Å². The van der Waals surface area contributed by atoms with Crippen LogP contribution in [0.2, 0.25) is 0 Å². The number of carbonyl (C=O) groups is 3. The molecule has 0 aliphatic rings. The van der Waals surface area contributed by atoms with Crippen LogP contribution < -0.4 is 15.4 Å². The molecule has 0 fully saturated rings. The topological polar surface area (TPSA) is 103 Å². The maximum absolute atomic E-state index is 13.0. The Hall–Kier alpha value is -2.61. The first-order chi connectivity index (χ1) is 15.8. The highest BCUT2D eigenvalue weighted by Crippen LogP contribution is 2.23. The van der Waals surface area contributed by atoms with E-state index in [1.807, 2.05) is 65.8 Å². The van der Waals surface area contributed by atoms with Crippen molar-refractivity contribution in [2.45, 2.75) is 85.0 Å². The van der Waals surface area contributed by atoms with E-state index in [-0.39, 0.29) is 35.9 Å². The summed E-state index contributed by atoms with van der Waals surface area (Å²) in [4.78, 5) is 37.5. The number of amides is 2. The summed E-state index contributed by atoms with van der Waals surface area (Å²) >= 11 is 0. The van der Waals surface area contributed by atoms with Gasteiger partial charge in [0.15, 0.2) is 0 Å². The molecule has 0 bridgehead atoms. The zero-order chi connectivity index (χ0) is 25.9. The van der Waals surface area contributed by atoms with E-state index in [2.05, 4.69) is 10.6 Å². The Balaban J connectivity index is 2.78. The van der Waals surface area contributed by atoms with Crippen LogP contribution >= 0.6 is 0 Å². The number of esters is 1. The van der Waals surface area contributed by atoms with E-state index in [9.17, 15) is 14.4 Å². The first-order valence-electron chi connectivity index (χ1n) is 11.7. The monoisotopic (exact) mass is 478 g/mol. The number of hydrogen-bond acceptors (Lipinski definition) is 6. The first-order valence-corrected chi connectivity index (χ1v) is 11.7. The van der Waals surface area contributed by atoms with Crippen molar-refractivity contribution in [3.05, 3.63) is 29.8 Å². The Morgan fingerprint density at radius 1 is 1.00 bits per heavy atom. The summed E-state index contributed by atoms with van der Waals surface area (Å²) < 4.78 is 15.8. The van der Waals surface area contributed by atoms with Gasteiger partial charge in [0, 0.05) is 13.0 Å². The maximum Gasteiger partial charge on any atom is 0.311 e. The quantitative estimate of drug-likeness (QED) is 0.333. The zero-order valence-corrected chi connectivity index (χ0v) is 21.9. The second-order valence-electron chi connectivity index (χ2n) is 10.2. The predicted molar refractivity (Wildman–Crippen MR) is 132 cm³/mol. The molecule has 0 saturated carbocycles. The number of methoxy groups -OCH3 is 2. The van der Waals surface area contributed by atoms with Crippen molar-refractivity contribution in [2.75, 3.05) is 20.8 Å². The molecule has 8 heteroatoms. The summed E-state index contributed by atoms with van der Waals surface area (Å²) in [5, 5.41) is 5.75. The van der Waals surface area contributed by atoms with Crippen LogP contribution in [0, 0.1) is 5.41 Å². The van der Waals surface area contributed by atoms with Crippen LogP contribution in [0.1, 0.15) is 66.4 Å². The van der Waals surface area contributed by atoms with Crippen molar-refractivity contribution in [1.82, 2.24) is 10.6 Å². The molecule has 2 atom stereocenters. The van der Waals surface area contributed by atoms with E-state index >= 15 is 0 Å². The van der Waals surface area contributed by atoms with E-state index in [0.717, 1.165) is 11.3 Å². The van der Waals surface area contributed by atoms with Gasteiger partial charge in [-0.05, 0) is 72.1 Å². The Morgan fingerprint density at radius 3 is 2.15 bits per heavy atom. The number of nitrogens with one attached hydrogen (secondary N) is 2. The second kappa shape index (κ2) is 13.3. The molecule has 0 saturated heterocycles. The molecule has 0 aliphatic carbocycles. The van der Waals surface area contributed by atoms with Crippen molar-refractivity contribution < 1.29 is 28.6 Å². The van der Waals surface area contributed by atoms with Gasteiger partial charge in [-0.15, -0.1) is 0 Å². The van der Waals surface area contributed by atoms with Gasteiger partial charge in [-0.25, -0.2) is 0 Å². The lowest BCUT2D eigenvalue weighted by Gasteiger charge is -2.26. The van der Waals surface area contributed by atoms with Gasteiger partial charge in [-0.3, -0.25) is 14.4 Å². The van der Waals surface area contributed by atoms with Crippen LogP contribution in [0.4, 0.5) is 0 Å². The van der Waals surface area contributed by atoms with Crippen molar-refractivity contribution in [3.8, 4) is 5.75 Å². The molecule has 1 aromatic rings. The number of rotatable bonds is 13. The van der Waals surface area contributed by atoms with E-state index in [4.69, 9.17) is 14.2 Å². The minimum Gasteiger partial charge on any atom is -0.497 e. The summed E-state index contributed by atoms with van der Waals surface area (Å²) in [6, 6.07) is 6.64. The molecule has 0 aromatic heterocycles. The normalized spacial score (nSPS) is 13.5. The largest absolute Gasteiger partial charge is 0.497 e. The summed E-state index contributed by atoms with van der Waals surface area (Å²) in [6.07, 6.45) is 1.37. The Labute approximate surface area is 204 Å².